The van der Waals surface area contributed by atoms with Crippen LogP contribution in [0.2, 0.25) is 0 Å². The summed E-state index contributed by atoms with van der Waals surface area (Å²) in [7, 11) is 0. The number of hydrogen-bond acceptors (Lipinski definition) is 3. The zero-order chi connectivity index (χ0) is 18.4. The van der Waals surface area contributed by atoms with E-state index in [0.717, 1.165) is 54.7 Å². The lowest BCUT2D eigenvalue weighted by Crippen LogP contribution is -2.61. The van der Waals surface area contributed by atoms with E-state index in [4.69, 9.17) is 4.74 Å². The lowest BCUT2D eigenvalue weighted by molar-refractivity contribution is 0.00135. The van der Waals surface area contributed by atoms with Gasteiger partial charge in [-0.15, -0.1) is 0 Å². The molecule has 2 bridgehead atoms. The smallest absolute Gasteiger partial charge is 0.127 e. The Morgan fingerprint density at radius 1 is 1.15 bits per heavy atom. The molecule has 0 amide bonds. The van der Waals surface area contributed by atoms with Crippen LogP contribution in [0.15, 0.2) is 42.5 Å². The molecule has 3 nitrogen and oxygen atoms in total. The molecule has 142 valence electrons. The van der Waals surface area contributed by atoms with Gasteiger partial charge in [0, 0.05) is 22.6 Å². The van der Waals surface area contributed by atoms with Crippen molar-refractivity contribution in [3.63, 3.8) is 0 Å². The minimum atomic E-state index is -0.334. The molecular formula is C23H26FNO2. The Labute approximate surface area is 159 Å². The number of fused-ring (bicyclic) bond motifs is 1. The summed E-state index contributed by atoms with van der Waals surface area (Å²) in [5, 5.41) is 14.1. The molecule has 2 aromatic rings. The van der Waals surface area contributed by atoms with Gasteiger partial charge < -0.3 is 15.2 Å². The topological polar surface area (TPSA) is 41.5 Å². The van der Waals surface area contributed by atoms with Crippen molar-refractivity contribution < 1.29 is 14.2 Å². The first-order chi connectivity index (χ1) is 13.2. The molecule has 1 aliphatic heterocycles. The molecule has 2 fully saturated rings. The summed E-state index contributed by atoms with van der Waals surface area (Å²) in [6, 6.07) is 13.8. The van der Waals surface area contributed by atoms with E-state index in [1.165, 1.54) is 0 Å². The summed E-state index contributed by atoms with van der Waals surface area (Å²) in [6.07, 6.45) is 3.82. The highest BCUT2D eigenvalue weighted by Gasteiger charge is 2.55. The number of hydrogen-bond donors (Lipinski definition) is 2. The van der Waals surface area contributed by atoms with Crippen LogP contribution in [-0.2, 0) is 18.4 Å². The molecule has 1 saturated heterocycles. The number of nitrogens with one attached hydrogen (secondary N) is 1. The van der Waals surface area contributed by atoms with Gasteiger partial charge in [0.2, 0.25) is 0 Å². The van der Waals surface area contributed by atoms with Gasteiger partial charge in [-0.1, -0.05) is 30.3 Å². The Morgan fingerprint density at radius 3 is 2.85 bits per heavy atom. The molecule has 1 unspecified atom stereocenters. The first-order valence-electron chi connectivity index (χ1n) is 10.1. The van der Waals surface area contributed by atoms with Gasteiger partial charge in [-0.3, -0.25) is 0 Å². The molecule has 0 spiro atoms. The van der Waals surface area contributed by atoms with Crippen molar-refractivity contribution in [1.29, 1.82) is 0 Å². The van der Waals surface area contributed by atoms with E-state index in [1.54, 1.807) is 12.1 Å². The fourth-order valence-electron chi connectivity index (χ4n) is 5.88. The largest absolute Gasteiger partial charge is 0.489 e. The van der Waals surface area contributed by atoms with Crippen LogP contribution in [0.4, 0.5) is 4.39 Å². The van der Waals surface area contributed by atoms with Crippen molar-refractivity contribution in [1.82, 2.24) is 5.32 Å². The zero-order valence-corrected chi connectivity index (χ0v) is 15.5. The Hall–Kier alpha value is -1.91. The number of aliphatic hydroxyl groups is 1. The molecule has 1 saturated carbocycles. The van der Waals surface area contributed by atoms with Crippen LogP contribution in [0.3, 0.4) is 0 Å². The molecule has 4 atom stereocenters. The second-order valence-corrected chi connectivity index (χ2v) is 8.39. The first kappa shape index (κ1) is 17.2. The average molecular weight is 367 g/mol. The molecular weight excluding hydrogens is 341 g/mol. The minimum absolute atomic E-state index is 0.128. The van der Waals surface area contributed by atoms with Crippen LogP contribution in [-0.4, -0.2) is 23.8 Å². The number of rotatable bonds is 3. The molecule has 5 rings (SSSR count). The van der Waals surface area contributed by atoms with E-state index < -0.39 is 0 Å². The number of halogens is 1. The van der Waals surface area contributed by atoms with Crippen molar-refractivity contribution in [2.24, 2.45) is 5.92 Å². The van der Waals surface area contributed by atoms with Crippen molar-refractivity contribution >= 4 is 0 Å². The second-order valence-electron chi connectivity index (χ2n) is 8.39. The summed E-state index contributed by atoms with van der Waals surface area (Å²) < 4.78 is 21.3. The van der Waals surface area contributed by atoms with E-state index in [1.807, 2.05) is 30.3 Å². The predicted octanol–water partition coefficient (Wildman–Crippen LogP) is 3.72. The molecule has 27 heavy (non-hydrogen) atoms. The number of ether oxygens (including phenoxy) is 1. The van der Waals surface area contributed by atoms with Gasteiger partial charge in [0.05, 0.1) is 6.10 Å². The SMILES string of the molecule is OC1CC[C@H]2[C@H]3Cc4c(OCc5ccccc5)ccc(F)c4[C@@]2(CCN3)C1. The third-order valence-electron chi connectivity index (χ3n) is 6.96. The van der Waals surface area contributed by atoms with Gasteiger partial charge in [0.25, 0.3) is 0 Å². The van der Waals surface area contributed by atoms with Crippen LogP contribution in [0.25, 0.3) is 0 Å². The highest BCUT2D eigenvalue weighted by molar-refractivity contribution is 5.50. The molecule has 2 N–H and O–H groups in total. The van der Waals surface area contributed by atoms with Crippen LogP contribution >= 0.6 is 0 Å². The van der Waals surface area contributed by atoms with Gasteiger partial charge in [-0.25, -0.2) is 4.39 Å². The number of aliphatic hydroxyl groups excluding tert-OH is 1. The molecule has 4 heteroatoms. The van der Waals surface area contributed by atoms with Crippen molar-refractivity contribution in [3.05, 3.63) is 65.0 Å². The van der Waals surface area contributed by atoms with E-state index in [-0.39, 0.29) is 17.3 Å². The molecule has 2 aromatic carbocycles. The fraction of sp³-hybridized carbons (Fsp3) is 0.478. The standard InChI is InChI=1S/C23H26FNO2/c24-19-8-9-21(27-14-15-4-2-1-3-5-15)17-12-20-18-7-6-16(26)13-23(18,22(17)19)10-11-25-20/h1-5,8-9,16,18,20,25-26H,6-7,10-14H2/t16?,18-,20+,23-/m0/s1. The normalized spacial score (nSPS) is 31.7. The number of benzene rings is 2. The molecule has 2 aliphatic carbocycles. The first-order valence-corrected chi connectivity index (χ1v) is 10.1. The third kappa shape index (κ3) is 2.77. The second kappa shape index (κ2) is 6.61. The highest BCUT2D eigenvalue weighted by atomic mass is 19.1. The maximum atomic E-state index is 15.1. The van der Waals surface area contributed by atoms with E-state index in [9.17, 15) is 5.11 Å². The summed E-state index contributed by atoms with van der Waals surface area (Å²) in [5.74, 6) is 1.07. The van der Waals surface area contributed by atoms with Gasteiger partial charge in [-0.05, 0) is 62.3 Å². The Balaban J connectivity index is 1.55. The average Bonchev–Trinajstić information content (AvgIpc) is 2.67. The summed E-state index contributed by atoms with van der Waals surface area (Å²) >= 11 is 0. The Bertz CT molecular complexity index is 840. The quantitative estimate of drug-likeness (QED) is 0.869. The zero-order valence-electron chi connectivity index (χ0n) is 15.5. The van der Waals surface area contributed by atoms with Gasteiger partial charge >= 0.3 is 0 Å². The molecule has 0 radical (unpaired) electrons. The fourth-order valence-corrected chi connectivity index (χ4v) is 5.88. The lowest BCUT2D eigenvalue weighted by atomic mass is 9.52. The molecule has 0 aromatic heterocycles. The van der Waals surface area contributed by atoms with Crippen molar-refractivity contribution in [2.75, 3.05) is 6.54 Å². The highest BCUT2D eigenvalue weighted by Crippen LogP contribution is 2.55. The van der Waals surface area contributed by atoms with E-state index in [0.29, 0.717) is 25.0 Å². The van der Waals surface area contributed by atoms with Crippen LogP contribution in [0.5, 0.6) is 5.75 Å². The lowest BCUT2D eigenvalue weighted by Gasteiger charge is -2.56. The maximum absolute atomic E-state index is 15.1. The third-order valence-corrected chi connectivity index (χ3v) is 6.96. The Morgan fingerprint density at radius 2 is 2.00 bits per heavy atom. The molecule has 1 heterocycles. The van der Waals surface area contributed by atoms with Crippen molar-refractivity contribution in [3.8, 4) is 5.75 Å². The summed E-state index contributed by atoms with van der Waals surface area (Å²) in [4.78, 5) is 0. The van der Waals surface area contributed by atoms with Gasteiger partial charge in [-0.2, -0.15) is 0 Å². The van der Waals surface area contributed by atoms with Gasteiger partial charge in [0.15, 0.2) is 0 Å². The van der Waals surface area contributed by atoms with E-state index >= 15 is 4.39 Å². The monoisotopic (exact) mass is 367 g/mol. The molecule has 3 aliphatic rings. The Kier molecular flexibility index (Phi) is 4.21. The van der Waals surface area contributed by atoms with Crippen LogP contribution in [0.1, 0.15) is 42.4 Å². The van der Waals surface area contributed by atoms with E-state index in [2.05, 4.69) is 5.32 Å². The van der Waals surface area contributed by atoms with Crippen LogP contribution < -0.4 is 10.1 Å². The predicted molar refractivity (Wildman–Crippen MR) is 102 cm³/mol. The number of piperidine rings is 1. The van der Waals surface area contributed by atoms with Crippen LogP contribution in [0, 0.1) is 11.7 Å². The summed E-state index contributed by atoms with van der Waals surface area (Å²) in [5.41, 5.74) is 2.69. The van der Waals surface area contributed by atoms with Crippen molar-refractivity contribution in [2.45, 2.75) is 56.3 Å². The summed E-state index contributed by atoms with van der Waals surface area (Å²) in [6.45, 7) is 1.37. The van der Waals surface area contributed by atoms with Gasteiger partial charge in [0.1, 0.15) is 18.2 Å². The minimum Gasteiger partial charge on any atom is -0.489 e. The maximum Gasteiger partial charge on any atom is 0.127 e.